The highest BCUT2D eigenvalue weighted by Crippen LogP contribution is 2.38. The number of carbonyl (C=O) groups is 2. The number of amides is 1. The lowest BCUT2D eigenvalue weighted by Crippen LogP contribution is -2.47. The SMILES string of the molecule is COc1cccc(-c2nc(COC3CCCC(C(=O)N[C@H](C(=O)O)C(C)C)C3)c(C3CCCCC3)o2)c1. The number of aromatic nitrogens is 1. The van der Waals surface area contributed by atoms with Crippen molar-refractivity contribution >= 4 is 11.9 Å². The zero-order chi connectivity index (χ0) is 26.4. The van der Waals surface area contributed by atoms with Gasteiger partial charge in [0.15, 0.2) is 0 Å². The van der Waals surface area contributed by atoms with Gasteiger partial charge in [0.25, 0.3) is 0 Å². The van der Waals surface area contributed by atoms with Gasteiger partial charge in [0.05, 0.1) is 19.8 Å². The molecule has 0 aliphatic heterocycles. The van der Waals surface area contributed by atoms with Gasteiger partial charge < -0.3 is 24.3 Å². The van der Waals surface area contributed by atoms with Crippen LogP contribution in [0.2, 0.25) is 0 Å². The Morgan fingerprint density at radius 2 is 1.92 bits per heavy atom. The highest BCUT2D eigenvalue weighted by atomic mass is 16.5. The van der Waals surface area contributed by atoms with E-state index in [0.717, 1.165) is 54.9 Å². The molecule has 0 bridgehead atoms. The lowest BCUT2D eigenvalue weighted by Gasteiger charge is -2.30. The minimum atomic E-state index is -1.000. The van der Waals surface area contributed by atoms with Crippen LogP contribution in [0.4, 0.5) is 0 Å². The lowest BCUT2D eigenvalue weighted by molar-refractivity contribution is -0.144. The molecule has 202 valence electrons. The van der Waals surface area contributed by atoms with Crippen LogP contribution in [0.15, 0.2) is 28.7 Å². The number of aliphatic carboxylic acids is 1. The maximum absolute atomic E-state index is 12.8. The number of carbonyl (C=O) groups excluding carboxylic acids is 1. The van der Waals surface area contributed by atoms with Crippen LogP contribution in [0.25, 0.3) is 11.5 Å². The van der Waals surface area contributed by atoms with Crippen LogP contribution in [0.3, 0.4) is 0 Å². The van der Waals surface area contributed by atoms with Crippen LogP contribution in [0, 0.1) is 11.8 Å². The first-order valence-electron chi connectivity index (χ1n) is 13.6. The maximum Gasteiger partial charge on any atom is 0.326 e. The molecule has 0 radical (unpaired) electrons. The number of nitrogens with one attached hydrogen (secondary N) is 1. The molecule has 2 N–H and O–H groups in total. The Morgan fingerprint density at radius 1 is 1.14 bits per heavy atom. The van der Waals surface area contributed by atoms with E-state index in [9.17, 15) is 14.7 Å². The summed E-state index contributed by atoms with van der Waals surface area (Å²) in [5.41, 5.74) is 1.71. The van der Waals surface area contributed by atoms with Gasteiger partial charge in [0.2, 0.25) is 11.8 Å². The summed E-state index contributed by atoms with van der Waals surface area (Å²) in [5, 5.41) is 12.2. The van der Waals surface area contributed by atoms with Crippen LogP contribution >= 0.6 is 0 Å². The van der Waals surface area contributed by atoms with Crippen molar-refractivity contribution in [2.24, 2.45) is 11.8 Å². The number of ether oxygens (including phenoxy) is 2. The van der Waals surface area contributed by atoms with Gasteiger partial charge in [-0.2, -0.15) is 0 Å². The van der Waals surface area contributed by atoms with E-state index < -0.39 is 12.0 Å². The predicted molar refractivity (Wildman–Crippen MR) is 139 cm³/mol. The fourth-order valence-corrected chi connectivity index (χ4v) is 5.55. The summed E-state index contributed by atoms with van der Waals surface area (Å²) in [5.74, 6) is 0.966. The van der Waals surface area contributed by atoms with E-state index in [1.807, 2.05) is 24.3 Å². The number of carboxylic acid groups (broad SMARTS) is 1. The van der Waals surface area contributed by atoms with Crippen molar-refractivity contribution in [3.05, 3.63) is 35.7 Å². The zero-order valence-electron chi connectivity index (χ0n) is 22.2. The van der Waals surface area contributed by atoms with Crippen molar-refractivity contribution in [2.45, 2.75) is 96.3 Å². The molecule has 2 saturated carbocycles. The number of nitrogens with zero attached hydrogens (tertiary/aromatic N) is 1. The molecule has 0 saturated heterocycles. The molecule has 2 aromatic rings. The summed E-state index contributed by atoms with van der Waals surface area (Å²) >= 11 is 0. The second kappa shape index (κ2) is 12.6. The average Bonchev–Trinajstić information content (AvgIpc) is 3.35. The number of carboxylic acids is 1. The third kappa shape index (κ3) is 6.92. The molecule has 1 aromatic heterocycles. The number of hydrogen-bond donors (Lipinski definition) is 2. The topological polar surface area (TPSA) is 111 Å². The minimum absolute atomic E-state index is 0.0806. The molecule has 1 aromatic carbocycles. The molecule has 8 heteroatoms. The summed E-state index contributed by atoms with van der Waals surface area (Å²) in [6.45, 7) is 3.93. The lowest BCUT2D eigenvalue weighted by atomic mass is 9.86. The Labute approximate surface area is 219 Å². The first-order chi connectivity index (χ1) is 17.9. The third-order valence-electron chi connectivity index (χ3n) is 7.70. The van der Waals surface area contributed by atoms with E-state index in [4.69, 9.17) is 18.9 Å². The predicted octanol–water partition coefficient (Wildman–Crippen LogP) is 5.70. The second-order valence-electron chi connectivity index (χ2n) is 10.8. The van der Waals surface area contributed by atoms with E-state index in [2.05, 4.69) is 5.32 Å². The van der Waals surface area contributed by atoms with E-state index in [1.54, 1.807) is 21.0 Å². The maximum atomic E-state index is 12.8. The standard InChI is InChI=1S/C29H40N2O6/c1-18(2)25(29(33)34)31-27(32)20-11-7-14-23(15-20)36-17-24-26(19-9-5-4-6-10-19)37-28(30-24)21-12-8-13-22(16-21)35-3/h8,12-13,16,18-20,23,25H,4-7,9-11,14-15,17H2,1-3H3,(H,31,32)(H,33,34)/t20?,23?,25-/m0/s1. The largest absolute Gasteiger partial charge is 0.497 e. The number of hydrogen-bond acceptors (Lipinski definition) is 6. The summed E-state index contributed by atoms with van der Waals surface area (Å²) in [6, 6.07) is 6.84. The fraction of sp³-hybridized carbons (Fsp3) is 0.621. The molecule has 3 atom stereocenters. The molecule has 1 amide bonds. The van der Waals surface area contributed by atoms with Crippen LogP contribution in [0.1, 0.15) is 89.0 Å². The summed E-state index contributed by atoms with van der Waals surface area (Å²) < 4.78 is 18.1. The zero-order valence-corrected chi connectivity index (χ0v) is 22.2. The Morgan fingerprint density at radius 3 is 2.62 bits per heavy atom. The smallest absolute Gasteiger partial charge is 0.326 e. The van der Waals surface area contributed by atoms with Crippen molar-refractivity contribution in [1.29, 1.82) is 0 Å². The van der Waals surface area contributed by atoms with Crippen molar-refractivity contribution < 1.29 is 28.6 Å². The summed E-state index contributed by atoms with van der Waals surface area (Å²) in [6.07, 6.45) is 8.79. The molecule has 0 spiro atoms. The highest BCUT2D eigenvalue weighted by Gasteiger charge is 2.32. The quantitative estimate of drug-likeness (QED) is 0.420. The van der Waals surface area contributed by atoms with E-state index in [0.29, 0.717) is 24.8 Å². The van der Waals surface area contributed by atoms with Crippen LogP contribution in [-0.4, -0.2) is 41.2 Å². The first-order valence-corrected chi connectivity index (χ1v) is 13.6. The number of benzene rings is 1. The molecule has 2 fully saturated rings. The van der Waals surface area contributed by atoms with Crippen LogP contribution in [-0.2, 0) is 20.9 Å². The molecular formula is C29H40N2O6. The number of rotatable bonds is 10. The molecule has 37 heavy (non-hydrogen) atoms. The normalized spacial score (nSPS) is 21.5. The van der Waals surface area contributed by atoms with Crippen molar-refractivity contribution in [2.75, 3.05) is 7.11 Å². The van der Waals surface area contributed by atoms with Gasteiger partial charge in [-0.15, -0.1) is 0 Å². The van der Waals surface area contributed by atoms with E-state index in [1.165, 1.54) is 19.3 Å². The van der Waals surface area contributed by atoms with Crippen LogP contribution < -0.4 is 10.1 Å². The molecule has 4 rings (SSSR count). The molecule has 2 unspecified atom stereocenters. The molecule has 2 aliphatic carbocycles. The molecule has 8 nitrogen and oxygen atoms in total. The average molecular weight is 513 g/mol. The van der Waals surface area contributed by atoms with Gasteiger partial charge in [0, 0.05) is 17.4 Å². The van der Waals surface area contributed by atoms with Crippen molar-refractivity contribution in [3.8, 4) is 17.2 Å². The number of oxazole rings is 1. The van der Waals surface area contributed by atoms with E-state index >= 15 is 0 Å². The molecular weight excluding hydrogens is 472 g/mol. The van der Waals surface area contributed by atoms with E-state index in [-0.39, 0.29) is 23.8 Å². The van der Waals surface area contributed by atoms with Gasteiger partial charge in [-0.1, -0.05) is 45.6 Å². The number of methoxy groups -OCH3 is 1. The Bertz CT molecular complexity index is 1060. The van der Waals surface area contributed by atoms with Gasteiger partial charge in [-0.05, 0) is 56.2 Å². The fourth-order valence-electron chi connectivity index (χ4n) is 5.55. The monoisotopic (exact) mass is 512 g/mol. The summed E-state index contributed by atoms with van der Waals surface area (Å²) in [4.78, 5) is 29.2. The first kappa shape index (κ1) is 27.2. The third-order valence-corrected chi connectivity index (χ3v) is 7.70. The Kier molecular flexibility index (Phi) is 9.24. The molecule has 2 aliphatic rings. The highest BCUT2D eigenvalue weighted by molar-refractivity contribution is 5.85. The Balaban J connectivity index is 1.45. The van der Waals surface area contributed by atoms with Gasteiger partial charge >= 0.3 is 5.97 Å². The van der Waals surface area contributed by atoms with Gasteiger partial charge in [-0.3, -0.25) is 4.79 Å². The van der Waals surface area contributed by atoms with Crippen LogP contribution in [0.5, 0.6) is 5.75 Å². The molecule has 1 heterocycles. The van der Waals surface area contributed by atoms with Gasteiger partial charge in [0.1, 0.15) is 23.2 Å². The Hall–Kier alpha value is -2.87. The van der Waals surface area contributed by atoms with Crippen molar-refractivity contribution in [1.82, 2.24) is 10.3 Å². The van der Waals surface area contributed by atoms with Crippen molar-refractivity contribution in [3.63, 3.8) is 0 Å². The second-order valence-corrected chi connectivity index (χ2v) is 10.8. The summed E-state index contributed by atoms with van der Waals surface area (Å²) in [7, 11) is 1.64. The minimum Gasteiger partial charge on any atom is -0.497 e. The van der Waals surface area contributed by atoms with Gasteiger partial charge in [-0.25, -0.2) is 9.78 Å².